The lowest BCUT2D eigenvalue weighted by atomic mass is 10.2. The standard InChI is InChI=1S/C18H16FN3OS/c19-13-4-5-15-12(9-13)10-16(24-15)18(23)21-14-6-8-22(11-14)17-3-1-2-7-20-17/h1-5,7,9-10,14H,6,8,11H2,(H,21,23)/t14-/m1/s1. The number of carbonyl (C=O) groups excluding carboxylic acids is 1. The van der Waals surface area contributed by atoms with Gasteiger partial charge in [-0.15, -0.1) is 11.3 Å². The second-order valence-electron chi connectivity index (χ2n) is 5.89. The van der Waals surface area contributed by atoms with Crippen molar-refractivity contribution in [3.63, 3.8) is 0 Å². The Kier molecular flexibility index (Phi) is 3.90. The summed E-state index contributed by atoms with van der Waals surface area (Å²) < 4.78 is 14.2. The maximum Gasteiger partial charge on any atom is 0.261 e. The molecule has 1 aromatic carbocycles. The highest BCUT2D eigenvalue weighted by molar-refractivity contribution is 7.20. The third kappa shape index (κ3) is 2.97. The van der Waals surface area contributed by atoms with Crippen LogP contribution in [0.15, 0.2) is 48.7 Å². The maximum atomic E-state index is 13.3. The quantitative estimate of drug-likeness (QED) is 0.794. The molecular formula is C18H16FN3OS. The molecule has 1 aliphatic rings. The zero-order valence-corrected chi connectivity index (χ0v) is 13.7. The number of thiophene rings is 1. The third-order valence-electron chi connectivity index (χ3n) is 4.20. The molecule has 1 atom stereocenters. The Labute approximate surface area is 142 Å². The minimum atomic E-state index is -0.283. The number of hydrogen-bond donors (Lipinski definition) is 1. The van der Waals surface area contributed by atoms with E-state index >= 15 is 0 Å². The predicted molar refractivity (Wildman–Crippen MR) is 94.1 cm³/mol. The number of halogens is 1. The molecule has 2 aromatic heterocycles. The van der Waals surface area contributed by atoms with E-state index < -0.39 is 0 Å². The number of pyridine rings is 1. The Morgan fingerprint density at radius 1 is 1.29 bits per heavy atom. The number of fused-ring (bicyclic) bond motifs is 1. The highest BCUT2D eigenvalue weighted by Crippen LogP contribution is 2.26. The second kappa shape index (κ2) is 6.20. The van der Waals surface area contributed by atoms with Gasteiger partial charge in [-0.25, -0.2) is 9.37 Å². The van der Waals surface area contributed by atoms with Gasteiger partial charge in [-0.3, -0.25) is 4.79 Å². The molecule has 1 aliphatic heterocycles. The number of anilines is 1. The van der Waals surface area contributed by atoms with E-state index in [9.17, 15) is 9.18 Å². The van der Waals surface area contributed by atoms with Crippen molar-refractivity contribution in [2.75, 3.05) is 18.0 Å². The minimum absolute atomic E-state index is 0.0931. The van der Waals surface area contributed by atoms with Crippen LogP contribution in [0.5, 0.6) is 0 Å². The van der Waals surface area contributed by atoms with E-state index in [1.54, 1.807) is 18.3 Å². The van der Waals surface area contributed by atoms with Gasteiger partial charge in [0, 0.05) is 30.0 Å². The molecule has 1 saturated heterocycles. The topological polar surface area (TPSA) is 45.2 Å². The Morgan fingerprint density at radius 2 is 2.21 bits per heavy atom. The number of hydrogen-bond acceptors (Lipinski definition) is 4. The molecule has 0 radical (unpaired) electrons. The Morgan fingerprint density at radius 3 is 3.04 bits per heavy atom. The Bertz CT molecular complexity index is 880. The number of amides is 1. The van der Waals surface area contributed by atoms with Crippen molar-refractivity contribution < 1.29 is 9.18 Å². The van der Waals surface area contributed by atoms with E-state index in [-0.39, 0.29) is 17.8 Å². The lowest BCUT2D eigenvalue weighted by molar-refractivity contribution is 0.0944. The molecule has 0 aliphatic carbocycles. The molecule has 1 fully saturated rings. The van der Waals surface area contributed by atoms with Gasteiger partial charge in [-0.1, -0.05) is 6.07 Å². The zero-order chi connectivity index (χ0) is 16.5. The first-order valence-corrected chi connectivity index (χ1v) is 8.66. The monoisotopic (exact) mass is 341 g/mol. The minimum Gasteiger partial charge on any atom is -0.354 e. The molecule has 4 rings (SSSR count). The molecule has 1 amide bonds. The molecule has 4 nitrogen and oxygen atoms in total. The van der Waals surface area contributed by atoms with Gasteiger partial charge in [0.05, 0.1) is 4.88 Å². The van der Waals surface area contributed by atoms with Crippen LogP contribution in [0.2, 0.25) is 0 Å². The smallest absolute Gasteiger partial charge is 0.261 e. The number of nitrogens with one attached hydrogen (secondary N) is 1. The van der Waals surface area contributed by atoms with Crippen molar-refractivity contribution in [2.45, 2.75) is 12.5 Å². The molecule has 122 valence electrons. The summed E-state index contributed by atoms with van der Waals surface area (Å²) >= 11 is 1.39. The third-order valence-corrected chi connectivity index (χ3v) is 5.31. The average Bonchev–Trinajstić information content (AvgIpc) is 3.22. The van der Waals surface area contributed by atoms with Crippen molar-refractivity contribution >= 4 is 33.1 Å². The van der Waals surface area contributed by atoms with Crippen LogP contribution in [0.25, 0.3) is 10.1 Å². The normalized spacial score (nSPS) is 17.4. The molecule has 0 bridgehead atoms. The summed E-state index contributed by atoms with van der Waals surface area (Å²) in [6.07, 6.45) is 2.67. The number of nitrogens with zero attached hydrogens (tertiary/aromatic N) is 2. The molecule has 0 unspecified atom stereocenters. The highest BCUT2D eigenvalue weighted by Gasteiger charge is 2.25. The van der Waals surface area contributed by atoms with Gasteiger partial charge in [0.2, 0.25) is 0 Å². The lowest BCUT2D eigenvalue weighted by Crippen LogP contribution is -2.36. The lowest BCUT2D eigenvalue weighted by Gasteiger charge is -2.17. The van der Waals surface area contributed by atoms with Gasteiger partial charge in [-0.2, -0.15) is 0 Å². The van der Waals surface area contributed by atoms with E-state index in [1.807, 2.05) is 18.2 Å². The van der Waals surface area contributed by atoms with Crippen LogP contribution in [0.3, 0.4) is 0 Å². The van der Waals surface area contributed by atoms with Gasteiger partial charge in [-0.05, 0) is 48.2 Å². The van der Waals surface area contributed by atoms with Crippen LogP contribution in [0.4, 0.5) is 10.2 Å². The summed E-state index contributed by atoms with van der Waals surface area (Å²) in [4.78, 5) is 19.6. The van der Waals surface area contributed by atoms with Crippen LogP contribution in [-0.2, 0) is 0 Å². The van der Waals surface area contributed by atoms with E-state index in [0.717, 1.165) is 35.4 Å². The number of benzene rings is 1. The van der Waals surface area contributed by atoms with Gasteiger partial charge < -0.3 is 10.2 Å². The van der Waals surface area contributed by atoms with Gasteiger partial charge in [0.25, 0.3) is 5.91 Å². The molecule has 3 heterocycles. The van der Waals surface area contributed by atoms with Crippen LogP contribution in [0.1, 0.15) is 16.1 Å². The average molecular weight is 341 g/mol. The van der Waals surface area contributed by atoms with Crippen molar-refractivity contribution in [3.8, 4) is 0 Å². The van der Waals surface area contributed by atoms with Crippen molar-refractivity contribution in [1.82, 2.24) is 10.3 Å². The van der Waals surface area contributed by atoms with E-state index in [0.29, 0.717) is 4.88 Å². The van der Waals surface area contributed by atoms with Crippen molar-refractivity contribution in [3.05, 3.63) is 59.4 Å². The Hall–Kier alpha value is -2.47. The molecular weight excluding hydrogens is 325 g/mol. The van der Waals surface area contributed by atoms with Gasteiger partial charge in [0.1, 0.15) is 11.6 Å². The predicted octanol–water partition coefficient (Wildman–Crippen LogP) is 3.44. The van der Waals surface area contributed by atoms with E-state index in [2.05, 4.69) is 15.2 Å². The number of rotatable bonds is 3. The number of aromatic nitrogens is 1. The van der Waals surface area contributed by atoms with Crippen molar-refractivity contribution in [1.29, 1.82) is 0 Å². The summed E-state index contributed by atoms with van der Waals surface area (Å²) in [7, 11) is 0. The van der Waals surface area contributed by atoms with Gasteiger partial charge >= 0.3 is 0 Å². The fourth-order valence-electron chi connectivity index (χ4n) is 3.01. The van der Waals surface area contributed by atoms with Crippen LogP contribution >= 0.6 is 11.3 Å². The summed E-state index contributed by atoms with van der Waals surface area (Å²) in [6.45, 7) is 1.63. The summed E-state index contributed by atoms with van der Waals surface area (Å²) in [6, 6.07) is 12.3. The molecule has 24 heavy (non-hydrogen) atoms. The van der Waals surface area contributed by atoms with Crippen LogP contribution < -0.4 is 10.2 Å². The first-order valence-electron chi connectivity index (χ1n) is 7.85. The zero-order valence-electron chi connectivity index (χ0n) is 12.9. The second-order valence-corrected chi connectivity index (χ2v) is 6.97. The summed E-state index contributed by atoms with van der Waals surface area (Å²) in [5.74, 6) is 0.560. The first-order chi connectivity index (χ1) is 11.7. The van der Waals surface area contributed by atoms with E-state index in [1.165, 1.54) is 23.5 Å². The first kappa shape index (κ1) is 15.1. The molecule has 1 N–H and O–H groups in total. The fraction of sp³-hybridized carbons (Fsp3) is 0.222. The maximum absolute atomic E-state index is 13.3. The molecule has 0 saturated carbocycles. The molecule has 3 aromatic rings. The van der Waals surface area contributed by atoms with Crippen LogP contribution in [-0.4, -0.2) is 30.0 Å². The number of carbonyl (C=O) groups is 1. The molecule has 0 spiro atoms. The highest BCUT2D eigenvalue weighted by atomic mass is 32.1. The fourth-order valence-corrected chi connectivity index (χ4v) is 3.96. The summed E-state index contributed by atoms with van der Waals surface area (Å²) in [5.41, 5.74) is 0. The van der Waals surface area contributed by atoms with Gasteiger partial charge in [0.15, 0.2) is 0 Å². The molecule has 6 heteroatoms. The summed E-state index contributed by atoms with van der Waals surface area (Å²) in [5, 5.41) is 3.85. The SMILES string of the molecule is O=C(N[C@@H]1CCN(c2ccccn2)C1)c1cc2cc(F)ccc2s1. The largest absolute Gasteiger partial charge is 0.354 e. The van der Waals surface area contributed by atoms with Crippen molar-refractivity contribution in [2.24, 2.45) is 0 Å². The van der Waals surface area contributed by atoms with Crippen LogP contribution in [0, 0.1) is 5.82 Å². The Balaban J connectivity index is 1.44. The van der Waals surface area contributed by atoms with E-state index in [4.69, 9.17) is 0 Å².